The van der Waals surface area contributed by atoms with Crippen molar-refractivity contribution >= 4 is 27.1 Å². The summed E-state index contributed by atoms with van der Waals surface area (Å²) in [7, 11) is -4.06. The number of aromatic nitrogens is 1. The Balaban J connectivity index is 2.59. The van der Waals surface area contributed by atoms with E-state index < -0.39 is 14.7 Å². The van der Waals surface area contributed by atoms with Crippen molar-refractivity contribution in [1.82, 2.24) is 10.3 Å². The normalized spacial score (nSPS) is 13.9. The summed E-state index contributed by atoms with van der Waals surface area (Å²) in [5.74, 6) is 0.105. The number of anilines is 1. The van der Waals surface area contributed by atoms with Crippen molar-refractivity contribution in [1.29, 1.82) is 5.26 Å². The molecule has 0 spiro atoms. The fraction of sp³-hybridized carbons (Fsp3) is 0.300. The second kappa shape index (κ2) is 8.63. The summed E-state index contributed by atoms with van der Waals surface area (Å²) >= 11 is 5.86. The highest BCUT2D eigenvalue weighted by atomic mass is 35.5. The number of allylic oxidation sites excluding steroid dienone is 1. The van der Waals surface area contributed by atoms with E-state index in [1.165, 1.54) is 24.3 Å². The topological polar surface area (TPSA) is 94.9 Å². The number of rotatable bonds is 6. The quantitative estimate of drug-likeness (QED) is 0.677. The summed E-state index contributed by atoms with van der Waals surface area (Å²) in [4.78, 5) is 3.60. The third kappa shape index (κ3) is 5.24. The van der Waals surface area contributed by atoms with Crippen LogP contribution in [0.4, 0.5) is 5.69 Å². The molecule has 8 heteroatoms. The fourth-order valence-electron chi connectivity index (χ4n) is 2.15. The summed E-state index contributed by atoms with van der Waals surface area (Å²) in [5.41, 5.74) is 0.386. The van der Waals surface area contributed by atoms with E-state index in [0.29, 0.717) is 10.7 Å². The number of nitrogens with one attached hydrogen (secondary N) is 2. The molecular weight excluding hydrogens is 396 g/mol. The van der Waals surface area contributed by atoms with Crippen LogP contribution in [-0.4, -0.2) is 19.4 Å². The smallest absolute Gasteiger partial charge is 0.220 e. The van der Waals surface area contributed by atoms with Crippen molar-refractivity contribution in [3.63, 3.8) is 0 Å². The maximum absolute atomic E-state index is 13.1. The van der Waals surface area contributed by atoms with Gasteiger partial charge >= 0.3 is 0 Å². The molecule has 1 atom stereocenters. The number of benzene rings is 1. The second-order valence-electron chi connectivity index (χ2n) is 7.37. The minimum atomic E-state index is -4.06. The van der Waals surface area contributed by atoms with E-state index >= 15 is 0 Å². The lowest BCUT2D eigenvalue weighted by Gasteiger charge is -2.30. The van der Waals surface area contributed by atoms with Gasteiger partial charge in [0.2, 0.25) is 9.84 Å². The molecule has 6 nitrogen and oxygen atoms in total. The van der Waals surface area contributed by atoms with Gasteiger partial charge < -0.3 is 10.6 Å². The molecule has 2 aromatic rings. The first-order valence-corrected chi connectivity index (χ1v) is 10.5. The molecular formula is C20H23ClN4O2S. The summed E-state index contributed by atoms with van der Waals surface area (Å²) in [6.07, 6.45) is 3.16. The number of nitrogens with zero attached hydrogens (tertiary/aromatic N) is 2. The Kier molecular flexibility index (Phi) is 6.70. The first kappa shape index (κ1) is 21.7. The van der Waals surface area contributed by atoms with Crippen LogP contribution in [0.2, 0.25) is 5.02 Å². The molecule has 148 valence electrons. The molecule has 0 saturated heterocycles. The van der Waals surface area contributed by atoms with Crippen LogP contribution in [0, 0.1) is 16.7 Å². The van der Waals surface area contributed by atoms with Gasteiger partial charge in [0.15, 0.2) is 4.91 Å². The van der Waals surface area contributed by atoms with Gasteiger partial charge in [0.05, 0.1) is 16.8 Å². The molecule has 1 heterocycles. The molecule has 0 bridgehead atoms. The molecule has 1 aromatic carbocycles. The zero-order valence-electron chi connectivity index (χ0n) is 16.2. The fourth-order valence-corrected chi connectivity index (χ4v) is 3.51. The van der Waals surface area contributed by atoms with Gasteiger partial charge in [0, 0.05) is 17.3 Å². The van der Waals surface area contributed by atoms with E-state index in [1.807, 2.05) is 33.8 Å². The SMILES string of the molecule is CC(NC(Nc1cccnc1)=C(C#N)S(=O)(=O)c1ccc(Cl)cc1)C(C)(C)C. The van der Waals surface area contributed by atoms with Crippen molar-refractivity contribution in [2.75, 3.05) is 5.32 Å². The third-order valence-corrected chi connectivity index (χ3v) is 6.29. The van der Waals surface area contributed by atoms with E-state index in [4.69, 9.17) is 11.6 Å². The van der Waals surface area contributed by atoms with Crippen LogP contribution in [0.5, 0.6) is 0 Å². The van der Waals surface area contributed by atoms with E-state index in [0.717, 1.165) is 0 Å². The lowest BCUT2D eigenvalue weighted by atomic mass is 9.88. The summed E-state index contributed by atoms with van der Waals surface area (Å²) in [6.45, 7) is 7.99. The Morgan fingerprint density at radius 3 is 2.36 bits per heavy atom. The molecule has 0 saturated carbocycles. The number of sulfone groups is 1. The van der Waals surface area contributed by atoms with Gasteiger partial charge in [-0.2, -0.15) is 5.26 Å². The molecule has 0 radical (unpaired) electrons. The predicted octanol–water partition coefficient (Wildman–Crippen LogP) is 4.34. The van der Waals surface area contributed by atoms with Crippen molar-refractivity contribution in [3.05, 3.63) is 64.5 Å². The van der Waals surface area contributed by atoms with Crippen molar-refractivity contribution in [2.45, 2.75) is 38.6 Å². The zero-order chi connectivity index (χ0) is 20.9. The van der Waals surface area contributed by atoms with Crippen LogP contribution in [0.1, 0.15) is 27.7 Å². The first-order valence-electron chi connectivity index (χ1n) is 8.64. The molecule has 28 heavy (non-hydrogen) atoms. The van der Waals surface area contributed by atoms with Gasteiger partial charge in [-0.1, -0.05) is 32.4 Å². The van der Waals surface area contributed by atoms with Gasteiger partial charge in [0.1, 0.15) is 11.9 Å². The Labute approximate surface area is 171 Å². The minimum Gasteiger partial charge on any atom is -0.367 e. The molecule has 0 amide bonds. The van der Waals surface area contributed by atoms with Crippen LogP contribution in [0.3, 0.4) is 0 Å². The summed E-state index contributed by atoms with van der Waals surface area (Å²) < 4.78 is 26.2. The lowest BCUT2D eigenvalue weighted by molar-refractivity contribution is 0.303. The molecule has 2 N–H and O–H groups in total. The number of hydrogen-bond donors (Lipinski definition) is 2. The van der Waals surface area contributed by atoms with Gasteiger partial charge in [-0.15, -0.1) is 0 Å². The van der Waals surface area contributed by atoms with Crippen LogP contribution in [0.15, 0.2) is 64.4 Å². The van der Waals surface area contributed by atoms with Crippen LogP contribution >= 0.6 is 11.6 Å². The van der Waals surface area contributed by atoms with Crippen LogP contribution in [-0.2, 0) is 9.84 Å². The zero-order valence-corrected chi connectivity index (χ0v) is 17.8. The Morgan fingerprint density at radius 2 is 1.86 bits per heavy atom. The standard InChI is InChI=1S/C20H23ClN4O2S/c1-14(20(2,3)4)24-19(25-16-6-5-11-23-13-16)18(12-22)28(26,27)17-9-7-15(21)8-10-17/h5-11,13-14,24-25H,1-4H3. The van der Waals surface area contributed by atoms with Crippen molar-refractivity contribution in [3.8, 4) is 6.07 Å². The molecule has 0 aliphatic carbocycles. The highest BCUT2D eigenvalue weighted by Gasteiger charge is 2.28. The summed E-state index contributed by atoms with van der Waals surface area (Å²) in [6, 6.07) is 10.9. The average molecular weight is 419 g/mol. The van der Waals surface area contributed by atoms with Gasteiger partial charge in [-0.05, 0) is 48.7 Å². The summed E-state index contributed by atoms with van der Waals surface area (Å²) in [5, 5.41) is 16.3. The minimum absolute atomic E-state index is 0.0100. The highest BCUT2D eigenvalue weighted by molar-refractivity contribution is 7.95. The van der Waals surface area contributed by atoms with Crippen LogP contribution < -0.4 is 10.6 Å². The molecule has 1 unspecified atom stereocenters. The number of hydrogen-bond acceptors (Lipinski definition) is 6. The monoisotopic (exact) mass is 418 g/mol. The van der Waals surface area contributed by atoms with Crippen molar-refractivity contribution < 1.29 is 8.42 Å². The largest absolute Gasteiger partial charge is 0.367 e. The number of pyridine rings is 1. The second-order valence-corrected chi connectivity index (χ2v) is 9.69. The molecule has 0 fully saturated rings. The van der Waals surface area contributed by atoms with Gasteiger partial charge in [-0.3, -0.25) is 4.98 Å². The third-order valence-electron chi connectivity index (χ3n) is 4.31. The lowest BCUT2D eigenvalue weighted by Crippen LogP contribution is -2.40. The Bertz CT molecular complexity index is 989. The Morgan fingerprint density at radius 1 is 1.21 bits per heavy atom. The molecule has 0 aliphatic heterocycles. The van der Waals surface area contributed by atoms with Crippen molar-refractivity contribution in [2.24, 2.45) is 5.41 Å². The van der Waals surface area contributed by atoms with E-state index in [-0.39, 0.29) is 22.2 Å². The molecule has 0 aliphatic rings. The predicted molar refractivity (Wildman–Crippen MR) is 111 cm³/mol. The van der Waals surface area contributed by atoms with Gasteiger partial charge in [-0.25, -0.2) is 8.42 Å². The van der Waals surface area contributed by atoms with E-state index in [9.17, 15) is 13.7 Å². The average Bonchev–Trinajstić information content (AvgIpc) is 2.62. The maximum atomic E-state index is 13.1. The molecule has 1 aromatic heterocycles. The first-order chi connectivity index (χ1) is 13.1. The van der Waals surface area contributed by atoms with Crippen LogP contribution in [0.25, 0.3) is 0 Å². The highest BCUT2D eigenvalue weighted by Crippen LogP contribution is 2.26. The number of nitriles is 1. The number of halogens is 1. The Hall–Kier alpha value is -2.56. The maximum Gasteiger partial charge on any atom is 0.220 e. The van der Waals surface area contributed by atoms with E-state index in [1.54, 1.807) is 24.5 Å². The molecule has 2 rings (SSSR count). The van der Waals surface area contributed by atoms with E-state index in [2.05, 4.69) is 15.6 Å². The van der Waals surface area contributed by atoms with Gasteiger partial charge in [0.25, 0.3) is 0 Å².